The van der Waals surface area contributed by atoms with Crippen molar-refractivity contribution in [2.75, 3.05) is 26.4 Å². The third kappa shape index (κ3) is 2.36. The highest BCUT2D eigenvalue weighted by Crippen LogP contribution is 2.40. The van der Waals surface area contributed by atoms with Crippen LogP contribution in [0.5, 0.6) is 5.75 Å². The molecule has 0 radical (unpaired) electrons. The van der Waals surface area contributed by atoms with Gasteiger partial charge in [-0.2, -0.15) is 0 Å². The van der Waals surface area contributed by atoms with E-state index >= 15 is 0 Å². The normalized spacial score (nSPS) is 26.6. The summed E-state index contributed by atoms with van der Waals surface area (Å²) < 4.78 is 16.6. The van der Waals surface area contributed by atoms with Crippen LogP contribution in [-0.4, -0.2) is 37.6 Å². The average Bonchev–Trinajstić information content (AvgIpc) is 2.74. The Morgan fingerprint density at radius 3 is 2.89 bits per heavy atom. The molecule has 2 heterocycles. The molecule has 1 aromatic carbocycles. The lowest BCUT2D eigenvalue weighted by Crippen LogP contribution is -2.33. The van der Waals surface area contributed by atoms with E-state index in [2.05, 4.69) is 13.8 Å². The van der Waals surface area contributed by atoms with Crippen LogP contribution in [0, 0.1) is 0 Å². The van der Waals surface area contributed by atoms with Crippen molar-refractivity contribution in [3.63, 3.8) is 0 Å². The first-order valence-electron chi connectivity index (χ1n) is 6.72. The maximum Gasteiger partial charge on any atom is 0.123 e. The molecule has 4 nitrogen and oxygen atoms in total. The molecule has 0 bridgehead atoms. The van der Waals surface area contributed by atoms with Gasteiger partial charge in [0.15, 0.2) is 0 Å². The average molecular weight is 264 g/mol. The Balaban J connectivity index is 1.85. The van der Waals surface area contributed by atoms with Crippen molar-refractivity contribution in [1.82, 2.24) is 0 Å². The number of aliphatic hydroxyl groups excluding tert-OH is 1. The summed E-state index contributed by atoms with van der Waals surface area (Å²) in [6.07, 6.45) is -0.931. The lowest BCUT2D eigenvalue weighted by atomic mass is 9.85. The summed E-state index contributed by atoms with van der Waals surface area (Å²) in [4.78, 5) is 0. The Labute approximate surface area is 113 Å². The molecule has 0 saturated carbocycles. The topological polar surface area (TPSA) is 47.9 Å². The number of benzene rings is 1. The Hall–Kier alpha value is -1.10. The third-order valence-electron chi connectivity index (χ3n) is 3.86. The standard InChI is InChI=1S/C15H20O4/c1-15(2)9-19-12-4-3-10(7-11(12)15)14(16)13-8-17-5-6-18-13/h3-4,7,13-14,16H,5-6,8-9H2,1-2H3. The van der Waals surface area contributed by atoms with Crippen LogP contribution in [0.1, 0.15) is 31.1 Å². The van der Waals surface area contributed by atoms with E-state index in [1.165, 1.54) is 0 Å². The predicted octanol–water partition coefficient (Wildman–Crippen LogP) is 1.81. The minimum Gasteiger partial charge on any atom is -0.492 e. The zero-order chi connectivity index (χ0) is 13.5. The van der Waals surface area contributed by atoms with Gasteiger partial charge in [-0.3, -0.25) is 0 Å². The molecule has 0 aliphatic carbocycles. The number of hydrogen-bond acceptors (Lipinski definition) is 4. The van der Waals surface area contributed by atoms with Crippen molar-refractivity contribution in [2.45, 2.75) is 31.5 Å². The molecule has 0 aromatic heterocycles. The number of ether oxygens (including phenoxy) is 3. The van der Waals surface area contributed by atoms with Gasteiger partial charge in [-0.1, -0.05) is 19.9 Å². The van der Waals surface area contributed by atoms with Crippen LogP contribution in [0.25, 0.3) is 0 Å². The Bertz CT molecular complexity index is 463. The molecule has 0 spiro atoms. The van der Waals surface area contributed by atoms with Gasteiger partial charge >= 0.3 is 0 Å². The van der Waals surface area contributed by atoms with E-state index in [1.54, 1.807) is 0 Å². The van der Waals surface area contributed by atoms with Crippen LogP contribution in [-0.2, 0) is 14.9 Å². The van der Waals surface area contributed by atoms with Crippen LogP contribution in [0.15, 0.2) is 18.2 Å². The Morgan fingerprint density at radius 2 is 2.16 bits per heavy atom. The minimum atomic E-state index is -0.651. The van der Waals surface area contributed by atoms with Crippen molar-refractivity contribution in [3.05, 3.63) is 29.3 Å². The van der Waals surface area contributed by atoms with Crippen molar-refractivity contribution < 1.29 is 19.3 Å². The number of aliphatic hydroxyl groups is 1. The molecule has 2 unspecified atom stereocenters. The fraction of sp³-hybridized carbons (Fsp3) is 0.600. The first-order chi connectivity index (χ1) is 9.08. The van der Waals surface area contributed by atoms with E-state index < -0.39 is 6.10 Å². The van der Waals surface area contributed by atoms with Crippen LogP contribution in [0.2, 0.25) is 0 Å². The largest absolute Gasteiger partial charge is 0.492 e. The van der Waals surface area contributed by atoms with E-state index in [9.17, 15) is 5.11 Å². The van der Waals surface area contributed by atoms with Crippen molar-refractivity contribution >= 4 is 0 Å². The van der Waals surface area contributed by atoms with Gasteiger partial charge in [0.1, 0.15) is 18.0 Å². The maximum absolute atomic E-state index is 10.4. The molecule has 2 aliphatic heterocycles. The SMILES string of the molecule is CC1(C)COc2ccc(C(O)C3COCCO3)cc21. The quantitative estimate of drug-likeness (QED) is 0.885. The molecule has 2 aliphatic rings. The molecular formula is C15H20O4. The minimum absolute atomic E-state index is 0.00497. The van der Waals surface area contributed by atoms with Gasteiger partial charge < -0.3 is 19.3 Å². The first-order valence-corrected chi connectivity index (χ1v) is 6.72. The molecule has 3 rings (SSSR count). The second kappa shape index (κ2) is 4.78. The highest BCUT2D eigenvalue weighted by atomic mass is 16.6. The molecule has 1 aromatic rings. The summed E-state index contributed by atoms with van der Waals surface area (Å²) in [5.74, 6) is 0.918. The van der Waals surface area contributed by atoms with Gasteiger partial charge in [0.25, 0.3) is 0 Å². The monoisotopic (exact) mass is 264 g/mol. The number of fused-ring (bicyclic) bond motifs is 1. The zero-order valence-corrected chi connectivity index (χ0v) is 11.4. The summed E-state index contributed by atoms with van der Waals surface area (Å²) >= 11 is 0. The lowest BCUT2D eigenvalue weighted by molar-refractivity contribution is -0.133. The van der Waals surface area contributed by atoms with Gasteiger partial charge in [-0.05, 0) is 17.7 Å². The molecule has 19 heavy (non-hydrogen) atoms. The zero-order valence-electron chi connectivity index (χ0n) is 11.4. The lowest BCUT2D eigenvalue weighted by Gasteiger charge is -2.28. The van der Waals surface area contributed by atoms with E-state index in [0.717, 1.165) is 16.9 Å². The molecule has 2 atom stereocenters. The fourth-order valence-electron chi connectivity index (χ4n) is 2.63. The highest BCUT2D eigenvalue weighted by Gasteiger charge is 2.33. The van der Waals surface area contributed by atoms with Crippen molar-refractivity contribution in [3.8, 4) is 5.75 Å². The molecular weight excluding hydrogens is 244 g/mol. The maximum atomic E-state index is 10.4. The summed E-state index contributed by atoms with van der Waals surface area (Å²) in [5.41, 5.74) is 2.02. The number of rotatable bonds is 2. The molecule has 4 heteroatoms. The highest BCUT2D eigenvalue weighted by molar-refractivity contribution is 5.45. The summed E-state index contributed by atoms with van der Waals surface area (Å²) in [5, 5.41) is 10.4. The van der Waals surface area contributed by atoms with Crippen LogP contribution < -0.4 is 4.74 Å². The third-order valence-corrected chi connectivity index (χ3v) is 3.86. The molecule has 1 fully saturated rings. The second-order valence-electron chi connectivity index (χ2n) is 5.86. The van der Waals surface area contributed by atoms with E-state index in [4.69, 9.17) is 14.2 Å². The first kappa shape index (κ1) is 12.9. The van der Waals surface area contributed by atoms with Gasteiger partial charge in [0.05, 0.1) is 26.4 Å². The molecule has 1 saturated heterocycles. The Morgan fingerprint density at radius 1 is 1.32 bits per heavy atom. The van der Waals surface area contributed by atoms with Gasteiger partial charge in [-0.25, -0.2) is 0 Å². The van der Waals surface area contributed by atoms with Gasteiger partial charge in [-0.15, -0.1) is 0 Å². The summed E-state index contributed by atoms with van der Waals surface area (Å²) in [6, 6.07) is 5.88. The van der Waals surface area contributed by atoms with E-state index in [-0.39, 0.29) is 11.5 Å². The van der Waals surface area contributed by atoms with Crippen LogP contribution >= 0.6 is 0 Å². The Kier molecular flexibility index (Phi) is 3.25. The van der Waals surface area contributed by atoms with Gasteiger partial charge in [0, 0.05) is 11.0 Å². The molecule has 0 amide bonds. The smallest absolute Gasteiger partial charge is 0.123 e. The summed E-state index contributed by atoms with van der Waals surface area (Å²) in [6.45, 7) is 6.57. The predicted molar refractivity (Wildman–Crippen MR) is 70.5 cm³/mol. The van der Waals surface area contributed by atoms with Crippen molar-refractivity contribution in [1.29, 1.82) is 0 Å². The van der Waals surface area contributed by atoms with E-state index in [1.807, 2.05) is 18.2 Å². The second-order valence-corrected chi connectivity index (χ2v) is 5.86. The summed E-state index contributed by atoms with van der Waals surface area (Å²) in [7, 11) is 0. The molecule has 104 valence electrons. The van der Waals surface area contributed by atoms with Gasteiger partial charge in [0.2, 0.25) is 0 Å². The van der Waals surface area contributed by atoms with E-state index in [0.29, 0.717) is 26.4 Å². The van der Waals surface area contributed by atoms with Crippen molar-refractivity contribution in [2.24, 2.45) is 0 Å². The fourth-order valence-corrected chi connectivity index (χ4v) is 2.63. The van der Waals surface area contributed by atoms with Crippen LogP contribution in [0.3, 0.4) is 0 Å². The number of hydrogen-bond donors (Lipinski definition) is 1. The molecule has 1 N–H and O–H groups in total. The van der Waals surface area contributed by atoms with Crippen LogP contribution in [0.4, 0.5) is 0 Å².